The van der Waals surface area contributed by atoms with Crippen LogP contribution in [0.25, 0.3) is 0 Å². The monoisotopic (exact) mass is 424 g/mol. The van der Waals surface area contributed by atoms with Gasteiger partial charge in [0.05, 0.1) is 15.1 Å². The minimum Gasteiger partial charge on any atom is -0.520 e. The van der Waals surface area contributed by atoms with Crippen LogP contribution in [-0.2, 0) is 4.43 Å². The second-order valence-electron chi connectivity index (χ2n) is 6.88. The Morgan fingerprint density at radius 3 is 1.80 bits per heavy atom. The minimum absolute atomic E-state index is 0.353. The molecule has 0 radical (unpaired) electrons. The van der Waals surface area contributed by atoms with Crippen molar-refractivity contribution in [1.82, 2.24) is 0 Å². The summed E-state index contributed by atoms with van der Waals surface area (Å²) in [6, 6.07) is 3.37. The van der Waals surface area contributed by atoms with Crippen molar-refractivity contribution >= 4 is 43.4 Å². The lowest BCUT2D eigenvalue weighted by Gasteiger charge is -2.24. The first-order valence-electron chi connectivity index (χ1n) is 9.33. The molecule has 0 saturated heterocycles. The summed E-state index contributed by atoms with van der Waals surface area (Å²) in [6.45, 7) is 7.04. The van der Waals surface area contributed by atoms with Gasteiger partial charge in [0, 0.05) is 6.61 Å². The number of hydrogen-bond donors (Lipinski definition) is 0. The molecule has 2 nitrogen and oxygen atoms in total. The van der Waals surface area contributed by atoms with E-state index in [1.807, 2.05) is 13.1 Å². The van der Waals surface area contributed by atoms with Crippen molar-refractivity contribution in [3.05, 3.63) is 27.2 Å². The Balaban J connectivity index is 2.19. The van der Waals surface area contributed by atoms with Gasteiger partial charge in [0.15, 0.2) is 0 Å². The van der Waals surface area contributed by atoms with Gasteiger partial charge in [-0.2, -0.15) is 0 Å². The van der Waals surface area contributed by atoms with Crippen LogP contribution < -0.4 is 4.43 Å². The quantitative estimate of drug-likeness (QED) is 0.180. The van der Waals surface area contributed by atoms with E-state index in [2.05, 4.69) is 6.92 Å². The molecular formula is C19H31Cl3O2Si. The molecule has 0 aromatic heterocycles. The van der Waals surface area contributed by atoms with Crippen molar-refractivity contribution in [3.8, 4) is 5.75 Å². The Morgan fingerprint density at radius 1 is 0.800 bits per heavy atom. The molecule has 0 N–H and O–H groups in total. The highest BCUT2D eigenvalue weighted by Crippen LogP contribution is 2.35. The third-order valence-electron chi connectivity index (χ3n) is 4.02. The molecule has 1 aromatic rings. The predicted molar refractivity (Wildman–Crippen MR) is 113 cm³/mol. The SMILES string of the molecule is CCCCCCCCCCCO[Si](C)(C)Oc1cc(Cl)c(Cl)c(Cl)c1. The maximum atomic E-state index is 6.04. The average Bonchev–Trinajstić information content (AvgIpc) is 2.54. The smallest absolute Gasteiger partial charge is 0.392 e. The van der Waals surface area contributed by atoms with Gasteiger partial charge in [0.25, 0.3) is 0 Å². The highest BCUT2D eigenvalue weighted by atomic mass is 35.5. The summed E-state index contributed by atoms with van der Waals surface area (Å²) >= 11 is 18.0. The summed E-state index contributed by atoms with van der Waals surface area (Å²) in [4.78, 5) is 0. The van der Waals surface area contributed by atoms with Crippen molar-refractivity contribution in [1.29, 1.82) is 0 Å². The summed E-state index contributed by atoms with van der Waals surface area (Å²) in [7, 11) is -2.26. The molecule has 0 bridgehead atoms. The first kappa shape index (κ1) is 23.1. The topological polar surface area (TPSA) is 18.5 Å². The van der Waals surface area contributed by atoms with Crippen LogP contribution >= 0.6 is 34.8 Å². The van der Waals surface area contributed by atoms with Gasteiger partial charge >= 0.3 is 8.56 Å². The molecule has 0 fully saturated rings. The van der Waals surface area contributed by atoms with Crippen molar-refractivity contribution in [3.63, 3.8) is 0 Å². The van der Waals surface area contributed by atoms with Crippen LogP contribution in [0.15, 0.2) is 12.1 Å². The van der Waals surface area contributed by atoms with Crippen LogP contribution in [0.4, 0.5) is 0 Å². The largest absolute Gasteiger partial charge is 0.520 e. The molecule has 0 atom stereocenters. The van der Waals surface area contributed by atoms with Gasteiger partial charge in [-0.3, -0.25) is 0 Å². The maximum Gasteiger partial charge on any atom is 0.392 e. The van der Waals surface area contributed by atoms with Gasteiger partial charge in [0.2, 0.25) is 0 Å². The summed E-state index contributed by atoms with van der Waals surface area (Å²) in [6.07, 6.45) is 11.7. The van der Waals surface area contributed by atoms with Gasteiger partial charge in [-0.15, -0.1) is 0 Å². The Bertz CT molecular complexity index is 486. The average molecular weight is 426 g/mol. The van der Waals surface area contributed by atoms with Crippen molar-refractivity contribution < 1.29 is 8.85 Å². The molecule has 1 aromatic carbocycles. The number of halogens is 3. The zero-order valence-electron chi connectivity index (χ0n) is 15.7. The number of hydrogen-bond acceptors (Lipinski definition) is 2. The molecule has 0 aliphatic heterocycles. The lowest BCUT2D eigenvalue weighted by Crippen LogP contribution is -2.38. The standard InChI is InChI=1S/C19H31Cl3O2Si/c1-4-5-6-7-8-9-10-11-12-13-23-25(2,3)24-16-14-17(20)19(22)18(21)15-16/h14-15H,4-13H2,1-3H3. The van der Waals surface area contributed by atoms with E-state index in [4.69, 9.17) is 43.7 Å². The molecule has 6 heteroatoms. The van der Waals surface area contributed by atoms with Crippen LogP contribution in [0.2, 0.25) is 28.2 Å². The van der Waals surface area contributed by atoms with Crippen LogP contribution in [0.3, 0.4) is 0 Å². The summed E-state index contributed by atoms with van der Waals surface area (Å²) in [5.41, 5.74) is 0. The first-order chi connectivity index (χ1) is 11.9. The van der Waals surface area contributed by atoms with Crippen molar-refractivity contribution in [2.45, 2.75) is 77.8 Å². The lowest BCUT2D eigenvalue weighted by atomic mass is 10.1. The number of unbranched alkanes of at least 4 members (excludes halogenated alkanes) is 8. The van der Waals surface area contributed by atoms with Crippen molar-refractivity contribution in [2.24, 2.45) is 0 Å². The summed E-state index contributed by atoms with van der Waals surface area (Å²) < 4.78 is 12.0. The summed E-state index contributed by atoms with van der Waals surface area (Å²) in [5.74, 6) is 0.614. The van der Waals surface area contributed by atoms with Crippen LogP contribution in [0.1, 0.15) is 64.7 Å². The van der Waals surface area contributed by atoms with Gasteiger partial charge in [0.1, 0.15) is 5.75 Å². The maximum absolute atomic E-state index is 6.04. The Kier molecular flexibility index (Phi) is 11.5. The fraction of sp³-hybridized carbons (Fsp3) is 0.684. The van der Waals surface area contributed by atoms with E-state index in [1.165, 1.54) is 51.4 Å². The Hall–Kier alpha value is 0.0669. The molecule has 0 unspecified atom stereocenters. The van der Waals surface area contributed by atoms with Crippen LogP contribution in [0.5, 0.6) is 5.75 Å². The highest BCUT2D eigenvalue weighted by molar-refractivity contribution is 6.65. The fourth-order valence-corrected chi connectivity index (χ4v) is 4.59. The van der Waals surface area contributed by atoms with E-state index >= 15 is 0 Å². The van der Waals surface area contributed by atoms with Gasteiger partial charge < -0.3 is 8.85 Å². The second-order valence-corrected chi connectivity index (χ2v) is 11.4. The molecule has 0 aliphatic carbocycles. The zero-order valence-corrected chi connectivity index (χ0v) is 18.9. The third-order valence-corrected chi connectivity index (χ3v) is 6.84. The van der Waals surface area contributed by atoms with E-state index in [9.17, 15) is 0 Å². The van der Waals surface area contributed by atoms with Gasteiger partial charge in [-0.05, 0) is 31.6 Å². The zero-order chi connectivity index (χ0) is 18.7. The molecule has 0 spiro atoms. The number of benzene rings is 1. The minimum atomic E-state index is -2.26. The lowest BCUT2D eigenvalue weighted by molar-refractivity contribution is 0.240. The highest BCUT2D eigenvalue weighted by Gasteiger charge is 2.27. The molecule has 1 rings (SSSR count). The molecule has 25 heavy (non-hydrogen) atoms. The van der Waals surface area contributed by atoms with E-state index < -0.39 is 8.56 Å². The van der Waals surface area contributed by atoms with E-state index in [1.54, 1.807) is 12.1 Å². The fourth-order valence-electron chi connectivity index (χ4n) is 2.64. The predicted octanol–water partition coefficient (Wildman–Crippen LogP) is 8.27. The van der Waals surface area contributed by atoms with E-state index in [0.717, 1.165) is 13.0 Å². The van der Waals surface area contributed by atoms with E-state index in [-0.39, 0.29) is 0 Å². The molecule has 0 aliphatic rings. The van der Waals surface area contributed by atoms with E-state index in [0.29, 0.717) is 20.8 Å². The first-order valence-corrected chi connectivity index (χ1v) is 13.3. The van der Waals surface area contributed by atoms with Gasteiger partial charge in [-0.25, -0.2) is 0 Å². The Labute approximate surface area is 169 Å². The molecule has 0 heterocycles. The summed E-state index contributed by atoms with van der Waals surface area (Å²) in [5, 5.41) is 1.14. The molecule has 0 amide bonds. The molecule has 0 saturated carbocycles. The molecular weight excluding hydrogens is 395 g/mol. The molecule has 144 valence electrons. The van der Waals surface area contributed by atoms with Gasteiger partial charge in [-0.1, -0.05) is 93.1 Å². The second kappa shape index (κ2) is 12.5. The van der Waals surface area contributed by atoms with Crippen molar-refractivity contribution in [2.75, 3.05) is 6.61 Å². The number of rotatable bonds is 13. The van der Waals surface area contributed by atoms with Crippen LogP contribution in [0, 0.1) is 0 Å². The Morgan fingerprint density at radius 2 is 1.28 bits per heavy atom. The van der Waals surface area contributed by atoms with Crippen LogP contribution in [-0.4, -0.2) is 15.2 Å². The third kappa shape index (κ3) is 10.1. The normalized spacial score (nSPS) is 11.8.